The second kappa shape index (κ2) is 18.9. The average Bonchev–Trinajstić information content (AvgIpc) is 3.49. The monoisotopic (exact) mass is 851 g/mol. The van der Waals surface area contributed by atoms with Crippen molar-refractivity contribution in [3.8, 4) is 0 Å². The van der Waals surface area contributed by atoms with Crippen molar-refractivity contribution >= 4 is 53.4 Å². The van der Waals surface area contributed by atoms with Gasteiger partial charge >= 0.3 is 5.97 Å². The van der Waals surface area contributed by atoms with E-state index in [2.05, 4.69) is 0 Å². The highest BCUT2D eigenvalue weighted by Gasteiger charge is 2.48. The number of allylic oxidation sites excluding steroid dienone is 6. The van der Waals surface area contributed by atoms with Crippen LogP contribution in [-0.4, -0.2) is 106 Å². The Kier molecular flexibility index (Phi) is 15.2. The van der Waals surface area contributed by atoms with Crippen molar-refractivity contribution < 1.29 is 62.9 Å². The molecule has 18 heteroatoms. The molecule has 0 bridgehead atoms. The lowest BCUT2D eigenvalue weighted by atomic mass is 9.76. The SMILES string of the molecule is CCN1/C(=C/C=C/C=C/C2=[N+](CCCCCC(=O)O)c3ccc(S(=O)(=O)[O-])cc3C2(C)CCCS(=O)(=O)O)C(C)(CCOCCOC)c2cc(S(=O)(=O)[O-])ccc21. The van der Waals surface area contributed by atoms with Crippen LogP contribution in [0, 0.1) is 0 Å². The molecule has 2 aromatic carbocycles. The standard InChI is InChI=1S/C39H52N2O13S3/c1-5-40-33-18-16-29(56(47,48)49)27-31(33)39(3,21-23-54-25-24-53-4)35(40)13-8-6-9-14-36-38(2,20-12-26-55(44,45)46)32-28-30(57(50,51)52)17-19-34(32)41(36)22-11-7-10-15-37(42)43/h6,8-9,13-14,16-19,27-28H,5,7,10-12,15,20-26H2,1-4H3,(H3-,42,43,44,45,46,47,48,49,50,51,52)/p-1. The highest BCUT2D eigenvalue weighted by molar-refractivity contribution is 7.86. The smallest absolute Gasteiger partial charge is 0.303 e. The highest BCUT2D eigenvalue weighted by Crippen LogP contribution is 2.50. The van der Waals surface area contributed by atoms with Crippen LogP contribution < -0.4 is 4.90 Å². The highest BCUT2D eigenvalue weighted by atomic mass is 32.2. The van der Waals surface area contributed by atoms with Crippen LogP contribution in [0.2, 0.25) is 0 Å². The summed E-state index contributed by atoms with van der Waals surface area (Å²) in [6.07, 6.45) is 11.3. The summed E-state index contributed by atoms with van der Waals surface area (Å²) in [4.78, 5) is 12.4. The number of hydrogen-bond acceptors (Lipinski definition) is 12. The Bertz CT molecular complexity index is 2270. The van der Waals surface area contributed by atoms with Crippen LogP contribution in [-0.2, 0) is 55.5 Å². The number of nitrogens with zero attached hydrogens (tertiary/aromatic N) is 2. The Balaban J connectivity index is 1.77. The summed E-state index contributed by atoms with van der Waals surface area (Å²) in [6.45, 7) is 7.76. The summed E-state index contributed by atoms with van der Waals surface area (Å²) in [7, 11) is -12.3. The number of carboxylic acid groups (broad SMARTS) is 1. The molecule has 0 aromatic heterocycles. The molecule has 2 aliphatic heterocycles. The van der Waals surface area contributed by atoms with Crippen molar-refractivity contribution in [2.24, 2.45) is 0 Å². The Hall–Kier alpha value is -3.75. The van der Waals surface area contributed by atoms with Crippen molar-refractivity contribution in [2.75, 3.05) is 50.7 Å². The summed E-state index contributed by atoms with van der Waals surface area (Å²) in [5.41, 5.74) is 2.31. The van der Waals surface area contributed by atoms with E-state index in [1.54, 1.807) is 31.4 Å². The molecular formula is C39H51N2O13S3-. The number of aliphatic carboxylic acids is 1. The lowest BCUT2D eigenvalue weighted by molar-refractivity contribution is -0.438. The van der Waals surface area contributed by atoms with E-state index in [1.165, 1.54) is 24.3 Å². The summed E-state index contributed by atoms with van der Waals surface area (Å²) in [5.74, 6) is -1.44. The van der Waals surface area contributed by atoms with Gasteiger partial charge < -0.3 is 28.6 Å². The Labute approximate surface area is 335 Å². The van der Waals surface area contributed by atoms with Gasteiger partial charge in [-0.3, -0.25) is 9.35 Å². The third-order valence-corrected chi connectivity index (χ3v) is 13.0. The van der Waals surface area contributed by atoms with Crippen molar-refractivity contribution in [1.82, 2.24) is 0 Å². The van der Waals surface area contributed by atoms with Crippen LogP contribution >= 0.6 is 0 Å². The third-order valence-electron chi connectivity index (χ3n) is 10.6. The van der Waals surface area contributed by atoms with Gasteiger partial charge in [0.05, 0.1) is 34.2 Å². The molecule has 0 saturated carbocycles. The van der Waals surface area contributed by atoms with Gasteiger partial charge in [0.15, 0.2) is 5.71 Å². The molecule has 2 aromatic rings. The van der Waals surface area contributed by atoms with Crippen molar-refractivity contribution in [1.29, 1.82) is 0 Å². The van der Waals surface area contributed by atoms with E-state index in [4.69, 9.17) is 14.6 Å². The van der Waals surface area contributed by atoms with Crippen molar-refractivity contribution in [3.05, 3.63) is 83.6 Å². The van der Waals surface area contributed by atoms with Gasteiger partial charge in [0, 0.05) is 67.6 Å². The lowest BCUT2D eigenvalue weighted by Crippen LogP contribution is -2.32. The first-order valence-electron chi connectivity index (χ1n) is 18.6. The predicted molar refractivity (Wildman–Crippen MR) is 212 cm³/mol. The largest absolute Gasteiger partial charge is 0.744 e. The zero-order valence-electron chi connectivity index (χ0n) is 32.5. The number of benzene rings is 2. The molecule has 2 aliphatic rings. The molecule has 0 aliphatic carbocycles. The van der Waals surface area contributed by atoms with E-state index < -0.39 is 57.8 Å². The minimum Gasteiger partial charge on any atom is -0.744 e. The number of likely N-dealkylation sites (N-methyl/N-ethyl adjacent to an activating group) is 1. The van der Waals surface area contributed by atoms with Gasteiger partial charge in [0.2, 0.25) is 5.69 Å². The Morgan fingerprint density at radius 2 is 1.51 bits per heavy atom. The first kappa shape index (κ1) is 45.9. The maximum atomic E-state index is 12.1. The van der Waals surface area contributed by atoms with Gasteiger partial charge in [-0.25, -0.2) is 16.8 Å². The molecule has 0 spiro atoms. The second-order valence-electron chi connectivity index (χ2n) is 14.5. The summed E-state index contributed by atoms with van der Waals surface area (Å²) in [5, 5.41) is 9.10. The molecule has 0 saturated heterocycles. The van der Waals surface area contributed by atoms with E-state index in [-0.39, 0.29) is 24.2 Å². The number of carbonyl (C=O) groups is 1. The van der Waals surface area contributed by atoms with Crippen LogP contribution in [0.25, 0.3) is 0 Å². The molecule has 57 heavy (non-hydrogen) atoms. The molecule has 2 N–H and O–H groups in total. The van der Waals surface area contributed by atoms with Crippen LogP contribution in [0.4, 0.5) is 11.4 Å². The van der Waals surface area contributed by atoms with Crippen LogP contribution in [0.15, 0.2) is 82.3 Å². The van der Waals surface area contributed by atoms with Crippen molar-refractivity contribution in [2.45, 2.75) is 86.3 Å². The maximum absolute atomic E-state index is 12.1. The molecule has 15 nitrogen and oxygen atoms in total. The van der Waals surface area contributed by atoms with E-state index >= 15 is 0 Å². The van der Waals surface area contributed by atoms with Gasteiger partial charge in [-0.05, 0) is 94.8 Å². The van der Waals surface area contributed by atoms with Crippen LogP contribution in [0.3, 0.4) is 0 Å². The summed E-state index contributed by atoms with van der Waals surface area (Å²) >= 11 is 0. The van der Waals surface area contributed by atoms with E-state index in [1.807, 2.05) is 48.5 Å². The number of methoxy groups -OCH3 is 1. The molecule has 0 amide bonds. The molecule has 2 unspecified atom stereocenters. The molecular weight excluding hydrogens is 801 g/mol. The number of hydrogen-bond donors (Lipinski definition) is 2. The van der Waals surface area contributed by atoms with E-state index in [9.17, 15) is 43.7 Å². The molecule has 2 heterocycles. The van der Waals surface area contributed by atoms with Crippen molar-refractivity contribution in [3.63, 3.8) is 0 Å². The molecule has 0 radical (unpaired) electrons. The lowest BCUT2D eigenvalue weighted by Gasteiger charge is -2.30. The van der Waals surface area contributed by atoms with Gasteiger partial charge in [-0.1, -0.05) is 18.2 Å². The zero-order chi connectivity index (χ0) is 42.2. The van der Waals surface area contributed by atoms with Gasteiger partial charge in [-0.2, -0.15) is 13.0 Å². The van der Waals surface area contributed by atoms with E-state index in [0.29, 0.717) is 81.1 Å². The number of fused-ring (bicyclic) bond motifs is 2. The fraction of sp³-hybridized carbons (Fsp3) is 0.487. The number of anilines is 1. The number of unbranched alkanes of at least 4 members (excludes halogenated alkanes) is 2. The Morgan fingerprint density at radius 3 is 2.12 bits per heavy atom. The third kappa shape index (κ3) is 11.3. The molecule has 314 valence electrons. The topological polar surface area (TPSA) is 231 Å². The number of rotatable bonds is 22. The quantitative estimate of drug-likeness (QED) is 0.0687. The normalized spacial score (nSPS) is 20.7. The summed E-state index contributed by atoms with van der Waals surface area (Å²) in [6, 6.07) is 8.44. The zero-order valence-corrected chi connectivity index (χ0v) is 35.0. The summed E-state index contributed by atoms with van der Waals surface area (Å²) < 4.78 is 118. The fourth-order valence-corrected chi connectivity index (χ4v) is 9.19. The fourth-order valence-electron chi connectivity index (χ4n) is 7.69. The van der Waals surface area contributed by atoms with Crippen LogP contribution in [0.5, 0.6) is 0 Å². The van der Waals surface area contributed by atoms with E-state index in [0.717, 1.165) is 11.4 Å². The predicted octanol–water partition coefficient (Wildman–Crippen LogP) is 5.01. The molecule has 0 fully saturated rings. The van der Waals surface area contributed by atoms with Gasteiger partial charge in [0.1, 0.15) is 26.8 Å². The molecule has 4 rings (SSSR count). The number of ether oxygens (including phenoxy) is 2. The number of carboxylic acids is 1. The van der Waals surface area contributed by atoms with Crippen LogP contribution in [0.1, 0.15) is 76.8 Å². The average molecular weight is 852 g/mol. The second-order valence-corrected chi connectivity index (χ2v) is 18.8. The van der Waals surface area contributed by atoms with Gasteiger partial charge in [0.25, 0.3) is 10.1 Å². The minimum absolute atomic E-state index is 0.00473. The minimum atomic E-state index is -4.84. The van der Waals surface area contributed by atoms with Gasteiger partial charge in [-0.15, -0.1) is 0 Å². The first-order chi connectivity index (χ1) is 26.7. The first-order valence-corrected chi connectivity index (χ1v) is 23.0. The Morgan fingerprint density at radius 1 is 0.842 bits per heavy atom. The molecule has 2 atom stereocenters. The maximum Gasteiger partial charge on any atom is 0.303 e.